The van der Waals surface area contributed by atoms with Crippen molar-refractivity contribution in [3.05, 3.63) is 30.3 Å². The van der Waals surface area contributed by atoms with E-state index in [0.717, 1.165) is 4.90 Å². The van der Waals surface area contributed by atoms with E-state index in [0.29, 0.717) is 0 Å². The highest BCUT2D eigenvalue weighted by atomic mass is 32.2. The largest absolute Gasteiger partial charge is 0.394 e. The molecule has 2 fully saturated rings. The lowest BCUT2D eigenvalue weighted by Crippen LogP contribution is -2.62. The highest BCUT2D eigenvalue weighted by Gasteiger charge is 2.47. The van der Waals surface area contributed by atoms with Gasteiger partial charge < -0.3 is 44.8 Å². The van der Waals surface area contributed by atoms with E-state index in [2.05, 4.69) is 0 Å². The van der Waals surface area contributed by atoms with Gasteiger partial charge in [0.05, 0.1) is 13.2 Å². The number of rotatable bonds is 5. The van der Waals surface area contributed by atoms with Crippen LogP contribution in [0.25, 0.3) is 0 Å². The molecule has 3 rings (SSSR count). The molecule has 0 unspecified atom stereocenters. The molecule has 0 spiro atoms. The highest BCUT2D eigenvalue weighted by molar-refractivity contribution is 7.99. The monoisotopic (exact) mass is 404 g/mol. The van der Waals surface area contributed by atoms with E-state index in [1.807, 2.05) is 30.3 Å². The first kappa shape index (κ1) is 20.9. The fraction of sp³-hybridized carbons (Fsp3) is 0.647. The second-order valence-corrected chi connectivity index (χ2v) is 7.66. The quantitative estimate of drug-likeness (QED) is 0.327. The second-order valence-electron chi connectivity index (χ2n) is 6.49. The lowest BCUT2D eigenvalue weighted by molar-refractivity contribution is -0.328. The maximum atomic E-state index is 10.4. The van der Waals surface area contributed by atoms with E-state index in [1.165, 1.54) is 11.8 Å². The molecule has 27 heavy (non-hydrogen) atoms. The minimum atomic E-state index is -1.59. The fourth-order valence-corrected chi connectivity index (χ4v) is 4.01. The lowest BCUT2D eigenvalue weighted by atomic mass is 9.99. The summed E-state index contributed by atoms with van der Waals surface area (Å²) in [6, 6.07) is 9.26. The Balaban J connectivity index is 1.60. The minimum absolute atomic E-state index is 0.0856. The Morgan fingerprint density at radius 2 is 1.63 bits per heavy atom. The van der Waals surface area contributed by atoms with Crippen LogP contribution in [0.1, 0.15) is 0 Å². The summed E-state index contributed by atoms with van der Waals surface area (Å²) in [6.45, 7) is -0.676. The van der Waals surface area contributed by atoms with Crippen LogP contribution in [-0.2, 0) is 14.2 Å². The first-order chi connectivity index (χ1) is 12.9. The van der Waals surface area contributed by atoms with Crippen molar-refractivity contribution < 1.29 is 44.8 Å². The van der Waals surface area contributed by atoms with Gasteiger partial charge in [0.25, 0.3) is 0 Å². The van der Waals surface area contributed by atoms with Crippen LogP contribution in [0.15, 0.2) is 35.2 Å². The molecule has 2 heterocycles. The first-order valence-corrected chi connectivity index (χ1v) is 9.45. The topological polar surface area (TPSA) is 149 Å². The van der Waals surface area contributed by atoms with Gasteiger partial charge in [-0.05, 0) is 12.1 Å². The summed E-state index contributed by atoms with van der Waals surface area (Å²) >= 11 is 1.26. The average molecular weight is 404 g/mol. The Labute approximate surface area is 160 Å². The van der Waals surface area contributed by atoms with E-state index < -0.39 is 61.1 Å². The zero-order valence-corrected chi connectivity index (χ0v) is 15.1. The predicted octanol–water partition coefficient (Wildman–Crippen LogP) is -1.96. The summed E-state index contributed by atoms with van der Waals surface area (Å²) < 4.78 is 16.3. The second kappa shape index (κ2) is 9.14. The molecule has 0 radical (unpaired) electrons. The standard InChI is InChI=1S/C17H24O9S/c18-6-9-11(19)13(21)14(22)16(25-9)26-10-7-24-17(15(23)12(10)20)27-8-4-2-1-3-5-8/h1-5,9-23H,6-7H2/t9-,10-,11+,12+,13+,14-,15-,16+,17+/m1/s1. The van der Waals surface area contributed by atoms with Crippen LogP contribution in [-0.4, -0.2) is 98.3 Å². The van der Waals surface area contributed by atoms with Crippen molar-refractivity contribution in [1.82, 2.24) is 0 Å². The molecule has 2 aliphatic heterocycles. The molecule has 6 N–H and O–H groups in total. The van der Waals surface area contributed by atoms with E-state index in [1.54, 1.807) is 0 Å². The third-order valence-corrected chi connectivity index (χ3v) is 5.78. The number of aliphatic hydroxyl groups excluding tert-OH is 6. The fourth-order valence-electron chi connectivity index (χ4n) is 2.98. The molecule has 1 aromatic rings. The number of thioether (sulfide) groups is 1. The van der Waals surface area contributed by atoms with E-state index in [4.69, 9.17) is 14.2 Å². The number of ether oxygens (including phenoxy) is 3. The van der Waals surface area contributed by atoms with Gasteiger partial charge in [-0.2, -0.15) is 0 Å². The Hall–Kier alpha value is -0.790. The van der Waals surface area contributed by atoms with Gasteiger partial charge in [0, 0.05) is 4.90 Å². The van der Waals surface area contributed by atoms with Crippen LogP contribution >= 0.6 is 11.8 Å². The summed E-state index contributed by atoms with van der Waals surface area (Å²) in [5.41, 5.74) is -0.711. The van der Waals surface area contributed by atoms with Gasteiger partial charge in [-0.3, -0.25) is 0 Å². The average Bonchev–Trinajstić information content (AvgIpc) is 2.68. The molecule has 10 heteroatoms. The molecule has 1 aromatic carbocycles. The molecule has 2 aliphatic rings. The van der Waals surface area contributed by atoms with Gasteiger partial charge in [0.1, 0.15) is 48.2 Å². The van der Waals surface area contributed by atoms with Gasteiger partial charge in [-0.15, -0.1) is 0 Å². The Morgan fingerprint density at radius 3 is 2.30 bits per heavy atom. The third-order valence-electron chi connectivity index (χ3n) is 4.59. The van der Waals surface area contributed by atoms with Crippen LogP contribution in [0.3, 0.4) is 0 Å². The van der Waals surface area contributed by atoms with Crippen molar-refractivity contribution in [2.24, 2.45) is 0 Å². The number of aliphatic hydroxyl groups is 6. The third kappa shape index (κ3) is 4.62. The van der Waals surface area contributed by atoms with Gasteiger partial charge in [0.2, 0.25) is 0 Å². The highest BCUT2D eigenvalue weighted by Crippen LogP contribution is 2.33. The number of benzene rings is 1. The van der Waals surface area contributed by atoms with Crippen molar-refractivity contribution in [3.8, 4) is 0 Å². The Bertz CT molecular complexity index is 589. The molecule has 0 aromatic heterocycles. The minimum Gasteiger partial charge on any atom is -0.394 e. The molecule has 9 nitrogen and oxygen atoms in total. The molecule has 0 saturated carbocycles. The summed E-state index contributed by atoms with van der Waals surface area (Å²) in [7, 11) is 0. The first-order valence-electron chi connectivity index (χ1n) is 8.57. The van der Waals surface area contributed by atoms with E-state index in [9.17, 15) is 30.6 Å². The summed E-state index contributed by atoms with van der Waals surface area (Å²) in [5, 5.41) is 59.5. The van der Waals surface area contributed by atoms with Crippen LogP contribution in [0.5, 0.6) is 0 Å². The van der Waals surface area contributed by atoms with Crippen LogP contribution in [0.2, 0.25) is 0 Å². The maximum absolute atomic E-state index is 10.4. The van der Waals surface area contributed by atoms with Gasteiger partial charge in [0.15, 0.2) is 6.29 Å². The van der Waals surface area contributed by atoms with Crippen molar-refractivity contribution in [3.63, 3.8) is 0 Å². The lowest BCUT2D eigenvalue weighted by Gasteiger charge is -2.43. The van der Waals surface area contributed by atoms with Crippen LogP contribution in [0.4, 0.5) is 0 Å². The predicted molar refractivity (Wildman–Crippen MR) is 92.7 cm³/mol. The van der Waals surface area contributed by atoms with Gasteiger partial charge in [-0.25, -0.2) is 0 Å². The summed E-state index contributed by atoms with van der Waals surface area (Å²) in [6.07, 6.45) is -10.8. The molecule has 0 aliphatic carbocycles. The number of hydrogen-bond donors (Lipinski definition) is 6. The zero-order chi connectivity index (χ0) is 19.6. The number of hydrogen-bond acceptors (Lipinski definition) is 10. The van der Waals surface area contributed by atoms with E-state index >= 15 is 0 Å². The van der Waals surface area contributed by atoms with Crippen LogP contribution < -0.4 is 0 Å². The zero-order valence-electron chi connectivity index (χ0n) is 14.3. The SMILES string of the molecule is OC[C@H]1O[C@@H](O[C@@H]2CO[C@@H](Sc3ccccc3)[C@H](O)[C@H]2O)[C@H](O)[C@@H](O)[C@H]1O. The molecule has 152 valence electrons. The van der Waals surface area contributed by atoms with Crippen molar-refractivity contribution in [2.45, 2.75) is 59.3 Å². The molecule has 9 atom stereocenters. The Morgan fingerprint density at radius 1 is 0.926 bits per heavy atom. The summed E-state index contributed by atoms with van der Waals surface area (Å²) in [4.78, 5) is 0.863. The Kier molecular flexibility index (Phi) is 7.08. The smallest absolute Gasteiger partial charge is 0.187 e. The van der Waals surface area contributed by atoms with Crippen molar-refractivity contribution in [2.75, 3.05) is 13.2 Å². The molecular formula is C17H24O9S. The normalized spacial score (nSPS) is 42.8. The molecular weight excluding hydrogens is 380 g/mol. The molecule has 0 amide bonds. The maximum Gasteiger partial charge on any atom is 0.187 e. The molecule has 2 saturated heterocycles. The van der Waals surface area contributed by atoms with E-state index in [-0.39, 0.29) is 6.61 Å². The van der Waals surface area contributed by atoms with Gasteiger partial charge >= 0.3 is 0 Å². The van der Waals surface area contributed by atoms with Crippen molar-refractivity contribution >= 4 is 11.8 Å². The van der Waals surface area contributed by atoms with Gasteiger partial charge in [-0.1, -0.05) is 30.0 Å². The van der Waals surface area contributed by atoms with Crippen molar-refractivity contribution in [1.29, 1.82) is 0 Å². The molecule has 0 bridgehead atoms. The summed E-state index contributed by atoms with van der Waals surface area (Å²) in [5.74, 6) is 0. The van der Waals surface area contributed by atoms with Crippen LogP contribution in [0, 0.1) is 0 Å².